The number of hydrogen-bond donors (Lipinski definition) is 2. The molecule has 150 valence electrons. The van der Waals surface area contributed by atoms with Crippen molar-refractivity contribution < 1.29 is 0 Å². The first-order valence-electron chi connectivity index (χ1n) is 9.82. The van der Waals surface area contributed by atoms with Crippen LogP contribution in [0.5, 0.6) is 0 Å². The summed E-state index contributed by atoms with van der Waals surface area (Å²) in [6, 6.07) is 14.1. The van der Waals surface area contributed by atoms with Crippen LogP contribution in [0.15, 0.2) is 92.4 Å². The SMILES string of the molecule is C=C/C=C(\C=C)n1c(-c2cccnc2N)nc2cc(-c3ccc4cc[nH]c4c3)cnc21. The highest BCUT2D eigenvalue weighted by Crippen LogP contribution is 2.32. The summed E-state index contributed by atoms with van der Waals surface area (Å²) in [5.41, 5.74) is 12.3. The molecule has 0 aliphatic rings. The van der Waals surface area contributed by atoms with E-state index in [1.165, 1.54) is 5.39 Å². The number of nitrogen functional groups attached to an aromatic ring is 1. The first-order valence-corrected chi connectivity index (χ1v) is 9.82. The highest BCUT2D eigenvalue weighted by Gasteiger charge is 2.18. The number of pyridine rings is 2. The number of aromatic nitrogens is 5. The lowest BCUT2D eigenvalue weighted by atomic mass is 10.1. The molecule has 3 N–H and O–H groups in total. The molecule has 0 radical (unpaired) electrons. The predicted molar refractivity (Wildman–Crippen MR) is 127 cm³/mol. The molecule has 5 rings (SSSR count). The third-order valence-corrected chi connectivity index (χ3v) is 5.22. The second-order valence-electron chi connectivity index (χ2n) is 7.08. The van der Waals surface area contributed by atoms with E-state index in [0.29, 0.717) is 17.3 Å². The minimum absolute atomic E-state index is 0.401. The molecule has 5 aromatic rings. The van der Waals surface area contributed by atoms with Gasteiger partial charge >= 0.3 is 0 Å². The topological polar surface area (TPSA) is 85.4 Å². The van der Waals surface area contributed by atoms with Crippen LogP contribution in [0.1, 0.15) is 0 Å². The van der Waals surface area contributed by atoms with Gasteiger partial charge in [0, 0.05) is 35.4 Å². The van der Waals surface area contributed by atoms with Gasteiger partial charge in [-0.3, -0.25) is 4.57 Å². The molecule has 0 fully saturated rings. The number of nitrogens with zero attached hydrogens (tertiary/aromatic N) is 4. The number of aromatic amines is 1. The van der Waals surface area contributed by atoms with Crippen molar-refractivity contribution in [3.8, 4) is 22.5 Å². The van der Waals surface area contributed by atoms with E-state index in [1.54, 1.807) is 18.3 Å². The molecular weight excluding hydrogens is 384 g/mol. The minimum Gasteiger partial charge on any atom is -0.383 e. The summed E-state index contributed by atoms with van der Waals surface area (Å²) in [7, 11) is 0. The van der Waals surface area contributed by atoms with Gasteiger partial charge < -0.3 is 10.7 Å². The van der Waals surface area contributed by atoms with Gasteiger partial charge in [-0.05, 0) is 53.4 Å². The molecule has 0 amide bonds. The number of imidazole rings is 1. The third kappa shape index (κ3) is 3.11. The quantitative estimate of drug-likeness (QED) is 0.382. The maximum absolute atomic E-state index is 6.17. The van der Waals surface area contributed by atoms with Crippen LogP contribution >= 0.6 is 0 Å². The second-order valence-corrected chi connectivity index (χ2v) is 7.08. The maximum atomic E-state index is 6.17. The van der Waals surface area contributed by atoms with E-state index in [-0.39, 0.29) is 0 Å². The lowest BCUT2D eigenvalue weighted by Gasteiger charge is -2.10. The molecule has 0 bridgehead atoms. The Morgan fingerprint density at radius 1 is 1.06 bits per heavy atom. The monoisotopic (exact) mass is 404 g/mol. The van der Waals surface area contributed by atoms with Crippen molar-refractivity contribution in [2.24, 2.45) is 0 Å². The molecule has 31 heavy (non-hydrogen) atoms. The lowest BCUT2D eigenvalue weighted by Crippen LogP contribution is -2.02. The summed E-state index contributed by atoms with van der Waals surface area (Å²) in [5.74, 6) is 1.05. The summed E-state index contributed by atoms with van der Waals surface area (Å²) in [6.07, 6.45) is 10.8. The number of nitrogens with two attached hydrogens (primary N) is 1. The normalized spacial score (nSPS) is 11.8. The first kappa shape index (κ1) is 18.6. The van der Waals surface area contributed by atoms with Crippen molar-refractivity contribution in [2.45, 2.75) is 0 Å². The number of fused-ring (bicyclic) bond motifs is 2. The maximum Gasteiger partial charge on any atom is 0.164 e. The Morgan fingerprint density at radius 3 is 2.77 bits per heavy atom. The Hall–Kier alpha value is -4.45. The standard InChI is InChI=1S/C25H20N6/c1-3-6-19(4-2)31-24(20-7-5-11-28-23(20)26)30-22-14-18(15-29-25(22)31)17-9-8-16-10-12-27-21(16)13-17/h3-15,27H,1-2H2,(H2,26,28)/b19-6+. The van der Waals surface area contributed by atoms with E-state index >= 15 is 0 Å². The zero-order chi connectivity index (χ0) is 21.4. The van der Waals surface area contributed by atoms with Crippen LogP contribution in [0.4, 0.5) is 5.82 Å². The number of rotatable bonds is 5. The van der Waals surface area contributed by atoms with Crippen molar-refractivity contribution >= 4 is 33.6 Å². The molecule has 0 aliphatic heterocycles. The summed E-state index contributed by atoms with van der Waals surface area (Å²) >= 11 is 0. The Balaban J connectivity index is 1.75. The Kier molecular flexibility index (Phi) is 4.45. The van der Waals surface area contributed by atoms with Crippen LogP contribution in [0.3, 0.4) is 0 Å². The highest BCUT2D eigenvalue weighted by atomic mass is 15.1. The van der Waals surface area contributed by atoms with Gasteiger partial charge in [0.05, 0.1) is 5.56 Å². The zero-order valence-corrected chi connectivity index (χ0v) is 16.8. The smallest absolute Gasteiger partial charge is 0.164 e. The van der Waals surface area contributed by atoms with Gasteiger partial charge in [0.2, 0.25) is 0 Å². The summed E-state index contributed by atoms with van der Waals surface area (Å²) < 4.78 is 1.93. The number of hydrogen-bond acceptors (Lipinski definition) is 4. The van der Waals surface area contributed by atoms with Gasteiger partial charge in [-0.15, -0.1) is 0 Å². The van der Waals surface area contributed by atoms with Gasteiger partial charge in [0.1, 0.15) is 11.3 Å². The fraction of sp³-hybridized carbons (Fsp3) is 0. The van der Waals surface area contributed by atoms with E-state index in [4.69, 9.17) is 15.7 Å². The Bertz CT molecular complexity index is 1480. The number of H-pyrrole nitrogens is 1. The summed E-state index contributed by atoms with van der Waals surface area (Å²) in [6.45, 7) is 7.76. The van der Waals surface area contributed by atoms with E-state index in [1.807, 2.05) is 41.2 Å². The van der Waals surface area contributed by atoms with Crippen molar-refractivity contribution in [3.05, 3.63) is 92.4 Å². The molecule has 0 saturated carbocycles. The van der Waals surface area contributed by atoms with Crippen LogP contribution < -0.4 is 5.73 Å². The van der Waals surface area contributed by atoms with Crippen molar-refractivity contribution in [1.29, 1.82) is 0 Å². The fourth-order valence-corrected chi connectivity index (χ4v) is 3.74. The molecule has 0 atom stereocenters. The van der Waals surface area contributed by atoms with Gasteiger partial charge in [-0.25, -0.2) is 15.0 Å². The summed E-state index contributed by atoms with van der Waals surface area (Å²) in [5, 5.41) is 1.17. The second kappa shape index (κ2) is 7.42. The van der Waals surface area contributed by atoms with Gasteiger partial charge in [0.15, 0.2) is 11.5 Å². The lowest BCUT2D eigenvalue weighted by molar-refractivity contribution is 1.11. The number of nitrogens with one attached hydrogen (secondary N) is 1. The van der Waals surface area contributed by atoms with E-state index < -0.39 is 0 Å². The van der Waals surface area contributed by atoms with E-state index in [2.05, 4.69) is 47.4 Å². The largest absolute Gasteiger partial charge is 0.383 e. The molecule has 0 unspecified atom stereocenters. The average Bonchev–Trinajstić information content (AvgIpc) is 3.41. The third-order valence-electron chi connectivity index (χ3n) is 5.22. The van der Waals surface area contributed by atoms with Gasteiger partial charge in [0.25, 0.3) is 0 Å². The predicted octanol–water partition coefficient (Wildman–Crippen LogP) is 5.44. The molecule has 1 aromatic carbocycles. The van der Waals surface area contributed by atoms with Crippen LogP contribution in [-0.4, -0.2) is 24.5 Å². The molecule has 6 nitrogen and oxygen atoms in total. The number of benzene rings is 1. The molecule has 4 heterocycles. The molecule has 0 aliphatic carbocycles. The van der Waals surface area contributed by atoms with Crippen LogP contribution in [0.25, 0.3) is 50.3 Å². The molecule has 0 spiro atoms. The van der Waals surface area contributed by atoms with Crippen LogP contribution in [-0.2, 0) is 0 Å². The van der Waals surface area contributed by atoms with Crippen LogP contribution in [0.2, 0.25) is 0 Å². The fourth-order valence-electron chi connectivity index (χ4n) is 3.74. The average molecular weight is 404 g/mol. The number of anilines is 1. The minimum atomic E-state index is 0.401. The van der Waals surface area contributed by atoms with Gasteiger partial charge in [-0.2, -0.15) is 0 Å². The Morgan fingerprint density at radius 2 is 1.97 bits per heavy atom. The Labute approximate surface area is 179 Å². The molecule has 6 heteroatoms. The number of allylic oxidation sites excluding steroid dienone is 4. The van der Waals surface area contributed by atoms with Crippen molar-refractivity contribution in [3.63, 3.8) is 0 Å². The van der Waals surface area contributed by atoms with Gasteiger partial charge in [-0.1, -0.05) is 31.4 Å². The van der Waals surface area contributed by atoms with Crippen molar-refractivity contribution in [1.82, 2.24) is 24.5 Å². The molecule has 4 aromatic heterocycles. The van der Waals surface area contributed by atoms with E-state index in [0.717, 1.165) is 33.4 Å². The highest BCUT2D eigenvalue weighted by molar-refractivity contribution is 5.90. The summed E-state index contributed by atoms with van der Waals surface area (Å²) in [4.78, 5) is 17.1. The van der Waals surface area contributed by atoms with Crippen molar-refractivity contribution in [2.75, 3.05) is 5.73 Å². The first-order chi connectivity index (χ1) is 15.2. The zero-order valence-electron chi connectivity index (χ0n) is 16.8. The molecule has 0 saturated heterocycles. The molecular formula is C25H20N6. The van der Waals surface area contributed by atoms with Crippen LogP contribution in [0, 0.1) is 0 Å². The van der Waals surface area contributed by atoms with E-state index in [9.17, 15) is 0 Å².